The highest BCUT2D eigenvalue weighted by Crippen LogP contribution is 2.28. The minimum absolute atomic E-state index is 0.101. The van der Waals surface area contributed by atoms with Crippen molar-refractivity contribution in [3.8, 4) is 17.0 Å². The number of ether oxygens (including phenoxy) is 1. The number of nitrogens with zero attached hydrogens (tertiary/aromatic N) is 1. The third kappa shape index (κ3) is 3.80. The number of carbonyl (C=O) groups is 1. The second kappa shape index (κ2) is 7.33. The molecule has 0 aliphatic heterocycles. The summed E-state index contributed by atoms with van der Waals surface area (Å²) in [5, 5.41) is 7.99. The minimum Gasteiger partial charge on any atom is -0.494 e. The van der Waals surface area contributed by atoms with Gasteiger partial charge in [0.15, 0.2) is 16.7 Å². The molecule has 0 fully saturated rings. The van der Waals surface area contributed by atoms with Crippen LogP contribution in [0.2, 0.25) is 0 Å². The fraction of sp³-hybridized carbons (Fsp3) is 0.333. The van der Waals surface area contributed by atoms with Crippen LogP contribution in [0.1, 0.15) is 6.92 Å². The number of carbonyl (C=O) groups excluding carboxylic acids is 1. The Labute approximate surface area is 132 Å². The van der Waals surface area contributed by atoms with E-state index in [1.165, 1.54) is 24.5 Å². The van der Waals surface area contributed by atoms with Crippen LogP contribution >= 0.6 is 11.3 Å². The first-order valence-corrected chi connectivity index (χ1v) is 7.68. The molecule has 0 saturated heterocycles. The van der Waals surface area contributed by atoms with Gasteiger partial charge >= 0.3 is 0 Å². The quantitative estimate of drug-likeness (QED) is 0.858. The predicted octanol–water partition coefficient (Wildman–Crippen LogP) is 2.75. The molecule has 0 aliphatic rings. The summed E-state index contributed by atoms with van der Waals surface area (Å²) in [5.74, 6) is -0.512. The van der Waals surface area contributed by atoms with Gasteiger partial charge in [-0.25, -0.2) is 9.37 Å². The zero-order valence-corrected chi connectivity index (χ0v) is 13.5. The van der Waals surface area contributed by atoms with Crippen LogP contribution in [0, 0.1) is 11.7 Å². The molecule has 1 aromatic carbocycles. The van der Waals surface area contributed by atoms with Crippen molar-refractivity contribution < 1.29 is 13.9 Å². The summed E-state index contributed by atoms with van der Waals surface area (Å²) in [6, 6.07) is 4.65. The monoisotopic (exact) mass is 323 g/mol. The van der Waals surface area contributed by atoms with Gasteiger partial charge < -0.3 is 15.4 Å². The fourth-order valence-corrected chi connectivity index (χ4v) is 2.64. The molecule has 22 heavy (non-hydrogen) atoms. The molecule has 0 radical (unpaired) electrons. The molecule has 7 heteroatoms. The average molecular weight is 323 g/mol. The second-order valence-electron chi connectivity index (χ2n) is 4.84. The number of amides is 1. The molecule has 118 valence electrons. The van der Waals surface area contributed by atoms with Gasteiger partial charge in [0.05, 0.1) is 12.8 Å². The Morgan fingerprint density at radius 3 is 2.91 bits per heavy atom. The number of hydrogen-bond acceptors (Lipinski definition) is 5. The summed E-state index contributed by atoms with van der Waals surface area (Å²) in [6.45, 7) is 2.42. The van der Waals surface area contributed by atoms with Gasteiger partial charge in [-0.15, -0.1) is 11.3 Å². The van der Waals surface area contributed by atoms with Gasteiger partial charge in [0.1, 0.15) is 0 Å². The number of halogens is 1. The van der Waals surface area contributed by atoms with Crippen LogP contribution in [-0.4, -0.2) is 31.6 Å². The van der Waals surface area contributed by atoms with Gasteiger partial charge in [-0.1, -0.05) is 6.92 Å². The molecule has 1 aromatic heterocycles. The van der Waals surface area contributed by atoms with Gasteiger partial charge in [0.2, 0.25) is 5.91 Å². The van der Waals surface area contributed by atoms with Crippen molar-refractivity contribution in [2.45, 2.75) is 6.92 Å². The smallest absolute Gasteiger partial charge is 0.230 e. The lowest BCUT2D eigenvalue weighted by molar-refractivity contribution is -0.119. The molecule has 0 bridgehead atoms. The molecule has 2 N–H and O–H groups in total. The molecular formula is C15H18FN3O2S. The normalized spacial score (nSPS) is 12.0. The zero-order chi connectivity index (χ0) is 16.1. The first-order chi connectivity index (χ1) is 10.5. The number of hydrogen-bond donors (Lipinski definition) is 2. The summed E-state index contributed by atoms with van der Waals surface area (Å²) < 4.78 is 18.6. The summed E-state index contributed by atoms with van der Waals surface area (Å²) in [6.07, 6.45) is 0. The molecule has 5 nitrogen and oxygen atoms in total. The van der Waals surface area contributed by atoms with E-state index in [4.69, 9.17) is 4.74 Å². The van der Waals surface area contributed by atoms with E-state index < -0.39 is 5.82 Å². The maximum Gasteiger partial charge on any atom is 0.230 e. The minimum atomic E-state index is -0.443. The molecule has 0 saturated carbocycles. The topological polar surface area (TPSA) is 63.2 Å². The zero-order valence-electron chi connectivity index (χ0n) is 12.6. The van der Waals surface area contributed by atoms with Crippen molar-refractivity contribution in [1.82, 2.24) is 10.3 Å². The Morgan fingerprint density at radius 2 is 2.27 bits per heavy atom. The van der Waals surface area contributed by atoms with Crippen LogP contribution in [0.5, 0.6) is 5.75 Å². The van der Waals surface area contributed by atoms with E-state index in [-0.39, 0.29) is 17.6 Å². The maximum atomic E-state index is 13.7. The third-order valence-electron chi connectivity index (χ3n) is 3.14. The van der Waals surface area contributed by atoms with Crippen LogP contribution in [0.25, 0.3) is 11.3 Å². The number of nitrogens with one attached hydrogen (secondary N) is 2. The van der Waals surface area contributed by atoms with Crippen LogP contribution < -0.4 is 15.4 Å². The first kappa shape index (κ1) is 16.4. The average Bonchev–Trinajstić information content (AvgIpc) is 2.95. The Bertz CT molecular complexity index is 660. The molecule has 1 atom stereocenters. The van der Waals surface area contributed by atoms with Crippen molar-refractivity contribution in [3.05, 3.63) is 29.4 Å². The van der Waals surface area contributed by atoms with E-state index in [0.717, 1.165) is 0 Å². The lowest BCUT2D eigenvalue weighted by atomic mass is 10.1. The molecular weight excluding hydrogens is 305 g/mol. The molecule has 2 aromatic rings. The number of anilines is 1. The Balaban J connectivity index is 2.11. The van der Waals surface area contributed by atoms with E-state index in [0.29, 0.717) is 22.9 Å². The van der Waals surface area contributed by atoms with Gasteiger partial charge in [-0.2, -0.15) is 0 Å². The lowest BCUT2D eigenvalue weighted by Crippen LogP contribution is -2.28. The number of rotatable bonds is 6. The first-order valence-electron chi connectivity index (χ1n) is 6.80. The highest BCUT2D eigenvalue weighted by molar-refractivity contribution is 7.14. The molecule has 2 rings (SSSR count). The van der Waals surface area contributed by atoms with Gasteiger partial charge in [0.25, 0.3) is 0 Å². The molecule has 0 aliphatic carbocycles. The van der Waals surface area contributed by atoms with E-state index in [2.05, 4.69) is 15.6 Å². The summed E-state index contributed by atoms with van der Waals surface area (Å²) in [7, 11) is 3.21. The number of methoxy groups -OCH3 is 1. The molecule has 1 unspecified atom stereocenters. The van der Waals surface area contributed by atoms with Crippen LogP contribution in [-0.2, 0) is 4.79 Å². The van der Waals surface area contributed by atoms with Crippen LogP contribution in [0.4, 0.5) is 9.52 Å². The Kier molecular flexibility index (Phi) is 5.46. The van der Waals surface area contributed by atoms with Crippen molar-refractivity contribution >= 4 is 22.4 Å². The van der Waals surface area contributed by atoms with Gasteiger partial charge in [-0.05, 0) is 25.2 Å². The largest absolute Gasteiger partial charge is 0.494 e. The lowest BCUT2D eigenvalue weighted by Gasteiger charge is -2.09. The van der Waals surface area contributed by atoms with Gasteiger partial charge in [-0.3, -0.25) is 4.79 Å². The second-order valence-corrected chi connectivity index (χ2v) is 5.69. The highest BCUT2D eigenvalue weighted by Gasteiger charge is 2.14. The summed E-state index contributed by atoms with van der Waals surface area (Å²) in [4.78, 5) is 16.2. The van der Waals surface area contributed by atoms with Crippen molar-refractivity contribution in [2.24, 2.45) is 5.92 Å². The summed E-state index contributed by atoms with van der Waals surface area (Å²) >= 11 is 1.31. The predicted molar refractivity (Wildman–Crippen MR) is 85.8 cm³/mol. The van der Waals surface area contributed by atoms with Crippen molar-refractivity contribution in [1.29, 1.82) is 0 Å². The number of thiazole rings is 1. The molecule has 1 amide bonds. The summed E-state index contributed by atoms with van der Waals surface area (Å²) in [5.41, 5.74) is 1.25. The van der Waals surface area contributed by atoms with E-state index >= 15 is 0 Å². The van der Waals surface area contributed by atoms with Crippen molar-refractivity contribution in [3.63, 3.8) is 0 Å². The Morgan fingerprint density at radius 1 is 1.50 bits per heavy atom. The SMILES string of the molecule is CNCC(C)C(=O)Nc1nc(-c2ccc(OC)c(F)c2)cs1. The van der Waals surface area contributed by atoms with Crippen molar-refractivity contribution in [2.75, 3.05) is 26.0 Å². The van der Waals surface area contributed by atoms with E-state index in [1.54, 1.807) is 24.6 Å². The number of benzene rings is 1. The third-order valence-corrected chi connectivity index (χ3v) is 3.90. The highest BCUT2D eigenvalue weighted by atomic mass is 32.1. The van der Waals surface area contributed by atoms with Crippen LogP contribution in [0.3, 0.4) is 0 Å². The van der Waals surface area contributed by atoms with Crippen LogP contribution in [0.15, 0.2) is 23.6 Å². The Hall–Kier alpha value is -1.99. The fourth-order valence-electron chi connectivity index (χ4n) is 1.92. The van der Waals surface area contributed by atoms with E-state index in [9.17, 15) is 9.18 Å². The molecule has 0 spiro atoms. The van der Waals surface area contributed by atoms with Gasteiger partial charge in [0, 0.05) is 23.4 Å². The standard InChI is InChI=1S/C15H18FN3O2S/c1-9(7-17-2)14(20)19-15-18-12(8-22-15)10-4-5-13(21-3)11(16)6-10/h4-6,8-9,17H,7H2,1-3H3,(H,18,19,20). The maximum absolute atomic E-state index is 13.7. The number of aromatic nitrogens is 1. The molecule has 1 heterocycles. The van der Waals surface area contributed by atoms with E-state index in [1.807, 2.05) is 6.92 Å².